The summed E-state index contributed by atoms with van der Waals surface area (Å²) in [7, 11) is -5.12. The minimum atomic E-state index is -3.24. The molecule has 46 heavy (non-hydrogen) atoms. The predicted octanol–water partition coefficient (Wildman–Crippen LogP) is 7.39. The average molecular weight is 655 g/mol. The number of carbonyl (C=O) groups is 1. The van der Waals surface area contributed by atoms with Gasteiger partial charge in [0.25, 0.3) is 5.91 Å². The van der Waals surface area contributed by atoms with E-state index in [4.69, 9.17) is 10.2 Å². The van der Waals surface area contributed by atoms with Crippen LogP contribution in [0.4, 0.5) is 0 Å². The summed E-state index contributed by atoms with van der Waals surface area (Å²) in [5, 5.41) is 5.62. The molecule has 0 spiro atoms. The van der Waals surface area contributed by atoms with Crippen molar-refractivity contribution in [2.75, 3.05) is 12.9 Å². The second-order valence-electron chi connectivity index (χ2n) is 13.3. The Morgan fingerprint density at radius 2 is 1.61 bits per heavy atom. The Bertz CT molecular complexity index is 2030. The lowest BCUT2D eigenvalue weighted by atomic mass is 10.0. The van der Waals surface area contributed by atoms with Crippen LogP contribution < -0.4 is 5.73 Å². The standard InChI is InChI=1S/C36H42N4O4SSi/c1-25-21-33(35(37)41)38-40(25)30-16-19-34-32(22-30)29(9-8-20-44-46(6,7)36(2,3)4)24-39(34)23-26-10-12-27(13-11-26)28-14-17-31(18-15-28)45(5,42)43/h8-19,21-22,24H,20,23H2,1-7H3,(H2,37,41)/b9-8+. The Labute approximate surface area is 272 Å². The molecule has 8 nitrogen and oxygen atoms in total. The molecule has 0 radical (unpaired) electrons. The van der Waals surface area contributed by atoms with Crippen LogP contribution in [0, 0.1) is 6.92 Å². The fourth-order valence-electron chi connectivity index (χ4n) is 5.11. The highest BCUT2D eigenvalue weighted by atomic mass is 32.2. The predicted molar refractivity (Wildman–Crippen MR) is 189 cm³/mol. The first-order chi connectivity index (χ1) is 21.5. The van der Waals surface area contributed by atoms with Gasteiger partial charge in [0.2, 0.25) is 0 Å². The summed E-state index contributed by atoms with van der Waals surface area (Å²) in [5.41, 5.74) is 12.6. The second kappa shape index (κ2) is 12.5. The molecule has 2 N–H and O–H groups in total. The third kappa shape index (κ3) is 7.09. The second-order valence-corrected chi connectivity index (χ2v) is 20.2. The molecular weight excluding hydrogens is 613 g/mol. The number of hydrogen-bond donors (Lipinski definition) is 1. The maximum atomic E-state index is 11.8. The lowest BCUT2D eigenvalue weighted by molar-refractivity contribution is 0.0995. The van der Waals surface area contributed by atoms with Gasteiger partial charge in [-0.3, -0.25) is 4.79 Å². The summed E-state index contributed by atoms with van der Waals surface area (Å²) < 4.78 is 34.0. The van der Waals surface area contributed by atoms with Crippen molar-refractivity contribution < 1.29 is 17.6 Å². The van der Waals surface area contributed by atoms with E-state index in [1.807, 2.05) is 25.1 Å². The van der Waals surface area contributed by atoms with Crippen molar-refractivity contribution in [1.29, 1.82) is 0 Å². The van der Waals surface area contributed by atoms with Crippen molar-refractivity contribution >= 4 is 41.0 Å². The fraction of sp³-hybridized carbons (Fsp3) is 0.278. The van der Waals surface area contributed by atoms with Gasteiger partial charge in [-0.05, 0) is 83.7 Å². The molecule has 10 heteroatoms. The van der Waals surface area contributed by atoms with Gasteiger partial charge in [0.1, 0.15) is 0 Å². The zero-order chi connectivity index (χ0) is 33.4. The van der Waals surface area contributed by atoms with Gasteiger partial charge < -0.3 is 14.7 Å². The van der Waals surface area contributed by atoms with E-state index < -0.39 is 24.1 Å². The van der Waals surface area contributed by atoms with E-state index in [9.17, 15) is 13.2 Å². The minimum Gasteiger partial charge on any atom is -0.413 e. The molecule has 1 amide bonds. The zero-order valence-corrected chi connectivity index (χ0v) is 29.4. The molecule has 2 heterocycles. The number of benzene rings is 3. The third-order valence-electron chi connectivity index (χ3n) is 8.85. The third-order valence-corrected chi connectivity index (χ3v) is 14.5. The van der Waals surface area contributed by atoms with Crippen LogP contribution in [0.3, 0.4) is 0 Å². The summed E-state index contributed by atoms with van der Waals surface area (Å²) in [6, 6.07) is 23.1. The number of aromatic nitrogens is 3. The average Bonchev–Trinajstić information content (AvgIpc) is 3.54. The molecule has 3 aromatic carbocycles. The van der Waals surface area contributed by atoms with Crippen LogP contribution >= 0.6 is 0 Å². The van der Waals surface area contributed by atoms with Crippen molar-refractivity contribution in [3.8, 4) is 16.8 Å². The van der Waals surface area contributed by atoms with E-state index >= 15 is 0 Å². The summed E-state index contributed by atoms with van der Waals surface area (Å²) in [5.74, 6) is -0.559. The molecule has 0 saturated heterocycles. The number of rotatable bonds is 10. The SMILES string of the molecule is Cc1cc(C(N)=O)nn1-c1ccc2c(c1)c(/C=C/CO[Si](C)(C)C(C)(C)C)cn2Cc1ccc(-c2ccc(S(C)(=O)=O)cc2)cc1. The van der Waals surface area contributed by atoms with Crippen molar-refractivity contribution in [2.45, 2.75) is 57.3 Å². The Morgan fingerprint density at radius 3 is 2.17 bits per heavy atom. The van der Waals surface area contributed by atoms with Crippen LogP contribution in [0.2, 0.25) is 18.1 Å². The van der Waals surface area contributed by atoms with E-state index in [0.29, 0.717) is 18.0 Å². The van der Waals surface area contributed by atoms with Crippen molar-refractivity contribution in [2.24, 2.45) is 5.73 Å². The van der Waals surface area contributed by atoms with Crippen LogP contribution in [0.1, 0.15) is 48.1 Å². The largest absolute Gasteiger partial charge is 0.413 e. The van der Waals surface area contributed by atoms with Gasteiger partial charge in [0, 0.05) is 35.6 Å². The van der Waals surface area contributed by atoms with E-state index in [2.05, 4.69) is 98.3 Å². The molecular formula is C36H42N4O4SSi. The highest BCUT2D eigenvalue weighted by Gasteiger charge is 2.36. The van der Waals surface area contributed by atoms with Crippen LogP contribution in [-0.2, 0) is 20.8 Å². The van der Waals surface area contributed by atoms with Gasteiger partial charge in [-0.15, -0.1) is 0 Å². The minimum absolute atomic E-state index is 0.131. The van der Waals surface area contributed by atoms with Crippen molar-refractivity contribution in [1.82, 2.24) is 14.3 Å². The highest BCUT2D eigenvalue weighted by Crippen LogP contribution is 2.36. The first kappa shape index (κ1) is 33.1. The number of sulfone groups is 1. The quantitative estimate of drug-likeness (QED) is 0.158. The molecule has 0 aliphatic carbocycles. The molecule has 0 aliphatic rings. The van der Waals surface area contributed by atoms with Crippen LogP contribution in [-0.4, -0.2) is 49.9 Å². The molecule has 0 fully saturated rings. The highest BCUT2D eigenvalue weighted by molar-refractivity contribution is 7.90. The molecule has 240 valence electrons. The number of hydrogen-bond acceptors (Lipinski definition) is 5. The Kier molecular flexibility index (Phi) is 9.00. The number of nitrogens with two attached hydrogens (primary N) is 1. The van der Waals surface area contributed by atoms with Gasteiger partial charge >= 0.3 is 0 Å². The number of carbonyl (C=O) groups excluding carboxylic acids is 1. The molecule has 2 aromatic heterocycles. The monoisotopic (exact) mass is 654 g/mol. The van der Waals surface area contributed by atoms with Crippen LogP contribution in [0.25, 0.3) is 33.8 Å². The first-order valence-electron chi connectivity index (χ1n) is 15.2. The molecule has 5 rings (SSSR count). The van der Waals surface area contributed by atoms with E-state index in [1.54, 1.807) is 22.9 Å². The molecule has 0 aliphatic heterocycles. The number of nitrogens with zero attached hydrogens (tertiary/aromatic N) is 3. The molecule has 0 unspecified atom stereocenters. The number of aryl methyl sites for hydroxylation is 1. The van der Waals surface area contributed by atoms with Crippen molar-refractivity contribution in [3.63, 3.8) is 0 Å². The summed E-state index contributed by atoms with van der Waals surface area (Å²) >= 11 is 0. The van der Waals surface area contributed by atoms with Gasteiger partial charge in [-0.25, -0.2) is 13.1 Å². The first-order valence-corrected chi connectivity index (χ1v) is 20.0. The summed E-state index contributed by atoms with van der Waals surface area (Å²) in [6.45, 7) is 14.3. The fourth-order valence-corrected chi connectivity index (χ4v) is 6.68. The molecule has 0 bridgehead atoms. The number of primary amides is 1. The molecule has 0 atom stereocenters. The van der Waals surface area contributed by atoms with E-state index in [1.165, 1.54) is 6.26 Å². The smallest absolute Gasteiger partial charge is 0.269 e. The summed E-state index contributed by atoms with van der Waals surface area (Å²) in [6.07, 6.45) is 7.56. The Hall–Kier alpha value is -4.25. The maximum absolute atomic E-state index is 11.8. The van der Waals surface area contributed by atoms with E-state index in [-0.39, 0.29) is 10.7 Å². The maximum Gasteiger partial charge on any atom is 0.269 e. The summed E-state index contributed by atoms with van der Waals surface area (Å²) in [4.78, 5) is 12.1. The topological polar surface area (TPSA) is 109 Å². The Balaban J connectivity index is 1.46. The number of amides is 1. The molecule has 5 aromatic rings. The van der Waals surface area contributed by atoms with Crippen LogP contribution in [0.15, 0.2) is 90.0 Å². The van der Waals surface area contributed by atoms with Gasteiger partial charge in [0.05, 0.1) is 17.2 Å². The van der Waals surface area contributed by atoms with Gasteiger partial charge in [0.15, 0.2) is 23.8 Å². The van der Waals surface area contributed by atoms with Gasteiger partial charge in [-0.1, -0.05) is 69.3 Å². The van der Waals surface area contributed by atoms with Crippen molar-refractivity contribution in [3.05, 3.63) is 108 Å². The van der Waals surface area contributed by atoms with Gasteiger partial charge in [-0.2, -0.15) is 5.10 Å². The Morgan fingerprint density at radius 1 is 0.978 bits per heavy atom. The van der Waals surface area contributed by atoms with Crippen LogP contribution in [0.5, 0.6) is 0 Å². The lowest BCUT2D eigenvalue weighted by Crippen LogP contribution is -2.40. The lowest BCUT2D eigenvalue weighted by Gasteiger charge is -2.35. The normalized spacial score (nSPS) is 12.8. The number of fused-ring (bicyclic) bond motifs is 1. The van der Waals surface area contributed by atoms with E-state index in [0.717, 1.165) is 44.5 Å². The zero-order valence-electron chi connectivity index (χ0n) is 27.5. The molecule has 0 saturated carbocycles.